The standard InChI is InChI=1S/C14H28N2O3S/c1-10(2)11(3)16(12-7-8-12)13(17)15-9-14(4,5)20(6,18)19/h10-12H,7-9H2,1-6H3,(H,15,17)/t11-/m0/s1. The molecule has 1 saturated carbocycles. The Morgan fingerprint density at radius 2 is 1.80 bits per heavy atom. The molecule has 2 amide bonds. The predicted octanol–water partition coefficient (Wildman–Crippen LogP) is 2.03. The summed E-state index contributed by atoms with van der Waals surface area (Å²) in [7, 11) is -3.20. The van der Waals surface area contributed by atoms with Gasteiger partial charge in [0.15, 0.2) is 9.84 Å². The zero-order valence-corrected chi connectivity index (χ0v) is 14.3. The minimum Gasteiger partial charge on any atom is -0.336 e. The van der Waals surface area contributed by atoms with Crippen LogP contribution in [-0.4, -0.2) is 49.0 Å². The fourth-order valence-electron chi connectivity index (χ4n) is 1.87. The molecule has 0 saturated heterocycles. The second-order valence-electron chi connectivity index (χ2n) is 6.81. The minimum absolute atomic E-state index is 0.138. The van der Waals surface area contributed by atoms with Crippen molar-refractivity contribution < 1.29 is 13.2 Å². The van der Waals surface area contributed by atoms with Crippen LogP contribution in [0.25, 0.3) is 0 Å². The van der Waals surface area contributed by atoms with Gasteiger partial charge in [-0.15, -0.1) is 0 Å². The van der Waals surface area contributed by atoms with Crippen molar-refractivity contribution in [3.05, 3.63) is 0 Å². The van der Waals surface area contributed by atoms with Gasteiger partial charge in [-0.25, -0.2) is 13.2 Å². The van der Waals surface area contributed by atoms with E-state index in [2.05, 4.69) is 19.2 Å². The van der Waals surface area contributed by atoms with Crippen molar-refractivity contribution in [2.24, 2.45) is 5.92 Å². The summed E-state index contributed by atoms with van der Waals surface area (Å²) >= 11 is 0. The van der Waals surface area contributed by atoms with Gasteiger partial charge in [0, 0.05) is 24.9 Å². The summed E-state index contributed by atoms with van der Waals surface area (Å²) in [6, 6.07) is 0.322. The van der Waals surface area contributed by atoms with Crippen molar-refractivity contribution in [1.29, 1.82) is 0 Å². The second kappa shape index (κ2) is 5.92. The lowest BCUT2D eigenvalue weighted by molar-refractivity contribution is 0.156. The summed E-state index contributed by atoms with van der Waals surface area (Å²) in [5.41, 5.74) is 0. The van der Waals surface area contributed by atoms with Crippen LogP contribution in [0.3, 0.4) is 0 Å². The minimum atomic E-state index is -3.20. The quantitative estimate of drug-likeness (QED) is 0.816. The molecule has 0 unspecified atom stereocenters. The number of nitrogens with zero attached hydrogens (tertiary/aromatic N) is 1. The average Bonchev–Trinajstić information content (AvgIpc) is 3.09. The van der Waals surface area contributed by atoms with Gasteiger partial charge in [-0.3, -0.25) is 0 Å². The number of hydrogen-bond acceptors (Lipinski definition) is 3. The molecular weight excluding hydrogens is 276 g/mol. The third-order valence-electron chi connectivity index (χ3n) is 4.25. The van der Waals surface area contributed by atoms with Gasteiger partial charge in [-0.1, -0.05) is 13.8 Å². The summed E-state index contributed by atoms with van der Waals surface area (Å²) < 4.78 is 22.4. The van der Waals surface area contributed by atoms with Gasteiger partial charge in [0.25, 0.3) is 0 Å². The van der Waals surface area contributed by atoms with Gasteiger partial charge in [-0.2, -0.15) is 0 Å². The van der Waals surface area contributed by atoms with Crippen LogP contribution in [0.5, 0.6) is 0 Å². The molecule has 1 atom stereocenters. The first-order chi connectivity index (χ1) is 8.97. The fourth-order valence-corrected chi connectivity index (χ4v) is 2.20. The van der Waals surface area contributed by atoms with Crippen LogP contribution >= 0.6 is 0 Å². The molecule has 0 radical (unpaired) electrons. The van der Waals surface area contributed by atoms with Crippen LogP contribution < -0.4 is 5.32 Å². The highest BCUT2D eigenvalue weighted by molar-refractivity contribution is 7.92. The van der Waals surface area contributed by atoms with Crippen molar-refractivity contribution in [3.63, 3.8) is 0 Å². The molecule has 1 aliphatic rings. The van der Waals surface area contributed by atoms with Gasteiger partial charge in [-0.05, 0) is 39.5 Å². The largest absolute Gasteiger partial charge is 0.336 e. The predicted molar refractivity (Wildman–Crippen MR) is 81.5 cm³/mol. The number of nitrogens with one attached hydrogen (secondary N) is 1. The van der Waals surface area contributed by atoms with Crippen molar-refractivity contribution in [1.82, 2.24) is 10.2 Å². The summed E-state index contributed by atoms with van der Waals surface area (Å²) in [5.74, 6) is 0.379. The first-order valence-electron chi connectivity index (χ1n) is 7.23. The molecule has 1 N–H and O–H groups in total. The number of sulfone groups is 1. The molecule has 0 aliphatic heterocycles. The molecule has 0 spiro atoms. The molecule has 1 rings (SSSR count). The highest BCUT2D eigenvalue weighted by Gasteiger charge is 2.38. The third kappa shape index (κ3) is 4.11. The Labute approximate surface area is 123 Å². The lowest BCUT2D eigenvalue weighted by Gasteiger charge is -2.33. The average molecular weight is 304 g/mol. The van der Waals surface area contributed by atoms with E-state index in [0.717, 1.165) is 12.8 Å². The van der Waals surface area contributed by atoms with E-state index in [9.17, 15) is 13.2 Å². The first kappa shape index (κ1) is 17.3. The SMILES string of the molecule is CC(C)[C@H](C)N(C(=O)NCC(C)(C)S(C)(=O)=O)C1CC1. The topological polar surface area (TPSA) is 66.5 Å². The van der Waals surface area contributed by atoms with Crippen molar-refractivity contribution >= 4 is 15.9 Å². The van der Waals surface area contributed by atoms with E-state index in [-0.39, 0.29) is 18.6 Å². The Balaban J connectivity index is 2.69. The maximum absolute atomic E-state index is 12.4. The van der Waals surface area contributed by atoms with Gasteiger partial charge in [0.1, 0.15) is 0 Å². The van der Waals surface area contributed by atoms with E-state index < -0.39 is 14.6 Å². The summed E-state index contributed by atoms with van der Waals surface area (Å²) in [5, 5.41) is 2.79. The van der Waals surface area contributed by atoms with Crippen LogP contribution in [0.15, 0.2) is 0 Å². The van der Waals surface area contributed by atoms with Gasteiger partial charge < -0.3 is 10.2 Å². The van der Waals surface area contributed by atoms with Crippen LogP contribution in [0.2, 0.25) is 0 Å². The number of amides is 2. The van der Waals surface area contributed by atoms with E-state index >= 15 is 0 Å². The van der Waals surface area contributed by atoms with Gasteiger partial charge in [0.05, 0.1) is 4.75 Å². The summed E-state index contributed by atoms with van der Waals surface area (Å²) in [6.45, 7) is 9.64. The molecule has 118 valence electrons. The molecule has 0 aromatic carbocycles. The van der Waals surface area contributed by atoms with Crippen LogP contribution in [0.4, 0.5) is 4.79 Å². The Bertz CT molecular complexity index is 453. The maximum atomic E-state index is 12.4. The fraction of sp³-hybridized carbons (Fsp3) is 0.929. The van der Waals surface area contributed by atoms with E-state index in [4.69, 9.17) is 0 Å². The molecular formula is C14H28N2O3S. The number of carbonyl (C=O) groups is 1. The maximum Gasteiger partial charge on any atom is 0.317 e. The van der Waals surface area contributed by atoms with Crippen LogP contribution in [0.1, 0.15) is 47.5 Å². The number of rotatable bonds is 6. The van der Waals surface area contributed by atoms with Crippen molar-refractivity contribution in [3.8, 4) is 0 Å². The Morgan fingerprint density at radius 1 is 1.30 bits per heavy atom. The summed E-state index contributed by atoms with van der Waals surface area (Å²) in [4.78, 5) is 14.2. The van der Waals surface area contributed by atoms with E-state index in [1.165, 1.54) is 6.26 Å². The smallest absolute Gasteiger partial charge is 0.317 e. The molecule has 1 fully saturated rings. The summed E-state index contributed by atoms with van der Waals surface area (Å²) in [6.07, 6.45) is 3.29. The Morgan fingerprint density at radius 3 is 2.15 bits per heavy atom. The highest BCUT2D eigenvalue weighted by atomic mass is 32.2. The van der Waals surface area contributed by atoms with Crippen molar-refractivity contribution in [2.75, 3.05) is 12.8 Å². The van der Waals surface area contributed by atoms with E-state index in [1.807, 2.05) is 11.8 Å². The van der Waals surface area contributed by atoms with E-state index in [1.54, 1.807) is 13.8 Å². The molecule has 0 aromatic heterocycles. The Hall–Kier alpha value is -0.780. The number of urea groups is 1. The molecule has 6 heteroatoms. The highest BCUT2D eigenvalue weighted by Crippen LogP contribution is 2.30. The monoisotopic (exact) mass is 304 g/mol. The Kier molecular flexibility index (Phi) is 5.11. The molecule has 0 heterocycles. The molecule has 5 nitrogen and oxygen atoms in total. The normalized spacial score (nSPS) is 17.9. The van der Waals surface area contributed by atoms with Crippen LogP contribution in [0, 0.1) is 5.92 Å². The number of hydrogen-bond donors (Lipinski definition) is 1. The first-order valence-corrected chi connectivity index (χ1v) is 9.12. The zero-order valence-electron chi connectivity index (χ0n) is 13.4. The van der Waals surface area contributed by atoms with Crippen LogP contribution in [-0.2, 0) is 9.84 Å². The lowest BCUT2D eigenvalue weighted by Crippen LogP contribution is -2.52. The molecule has 1 aliphatic carbocycles. The molecule has 0 bridgehead atoms. The zero-order chi connectivity index (χ0) is 15.7. The number of carbonyl (C=O) groups excluding carboxylic acids is 1. The molecule has 0 aromatic rings. The third-order valence-corrected chi connectivity index (χ3v) is 6.40. The van der Waals surface area contributed by atoms with E-state index in [0.29, 0.717) is 12.0 Å². The van der Waals surface area contributed by atoms with Crippen molar-refractivity contribution in [2.45, 2.75) is 64.3 Å². The van der Waals surface area contributed by atoms with Gasteiger partial charge >= 0.3 is 6.03 Å². The lowest BCUT2D eigenvalue weighted by atomic mass is 10.0. The molecule has 20 heavy (non-hydrogen) atoms. The second-order valence-corrected chi connectivity index (χ2v) is 9.46. The van der Waals surface area contributed by atoms with Gasteiger partial charge in [0.2, 0.25) is 0 Å².